The molecule has 0 aromatic rings. The van der Waals surface area contributed by atoms with E-state index in [4.69, 9.17) is 9.47 Å². The third kappa shape index (κ3) is 11.0. The molecule has 1 fully saturated rings. The molecule has 2 rings (SSSR count). The zero-order valence-corrected chi connectivity index (χ0v) is 21.7. The SMILES string of the molecule is CC1=C(CCCCCCCCCCCCCCCOC2CCCCO2)C(C)(C)CCC1=O. The number of carbonyl (C=O) groups excluding carboxylic acids is 1. The Morgan fingerprint density at radius 1 is 0.844 bits per heavy atom. The summed E-state index contributed by atoms with van der Waals surface area (Å²) in [5, 5.41) is 0. The predicted octanol–water partition coefficient (Wildman–Crippen LogP) is 8.70. The van der Waals surface area contributed by atoms with Crippen LogP contribution >= 0.6 is 0 Å². The first kappa shape index (κ1) is 27.6. The number of rotatable bonds is 17. The third-order valence-electron chi connectivity index (χ3n) is 7.68. The molecule has 2 aliphatic rings. The lowest BCUT2D eigenvalue weighted by Crippen LogP contribution is -2.25. The summed E-state index contributed by atoms with van der Waals surface area (Å²) in [6, 6.07) is 0. The summed E-state index contributed by atoms with van der Waals surface area (Å²) in [6.07, 6.45) is 24.1. The highest BCUT2D eigenvalue weighted by Gasteiger charge is 2.31. The highest BCUT2D eigenvalue weighted by molar-refractivity contribution is 5.96. The zero-order valence-electron chi connectivity index (χ0n) is 21.7. The standard InChI is InChI=1S/C29H52O3/c1-25-26(29(2,3)22-21-27(25)30)19-15-13-11-9-7-5-4-6-8-10-12-14-17-23-31-28-20-16-18-24-32-28/h28H,4-24H2,1-3H3. The van der Waals surface area contributed by atoms with Crippen LogP contribution in [0.1, 0.15) is 143 Å². The maximum absolute atomic E-state index is 12.0. The molecule has 1 unspecified atom stereocenters. The van der Waals surface area contributed by atoms with Gasteiger partial charge in [0, 0.05) is 19.6 Å². The minimum Gasteiger partial charge on any atom is -0.353 e. The normalized spacial score (nSPS) is 21.3. The number of ether oxygens (including phenoxy) is 2. The molecule has 0 saturated carbocycles. The Kier molecular flexibility index (Phi) is 13.8. The van der Waals surface area contributed by atoms with E-state index in [0.717, 1.165) is 44.5 Å². The van der Waals surface area contributed by atoms with Crippen molar-refractivity contribution in [3.8, 4) is 0 Å². The fourth-order valence-corrected chi connectivity index (χ4v) is 5.37. The molecule has 1 aliphatic carbocycles. The molecule has 32 heavy (non-hydrogen) atoms. The molecule has 1 saturated heterocycles. The summed E-state index contributed by atoms with van der Waals surface area (Å²) in [5.74, 6) is 0.387. The second-order valence-corrected chi connectivity index (χ2v) is 10.9. The molecule has 0 radical (unpaired) electrons. The van der Waals surface area contributed by atoms with Gasteiger partial charge in [0.1, 0.15) is 0 Å². The summed E-state index contributed by atoms with van der Waals surface area (Å²) >= 11 is 0. The molecule has 0 bridgehead atoms. The van der Waals surface area contributed by atoms with Gasteiger partial charge in [0.05, 0.1) is 0 Å². The molecule has 1 aliphatic heterocycles. The number of hydrogen-bond donors (Lipinski definition) is 0. The van der Waals surface area contributed by atoms with Gasteiger partial charge in [-0.25, -0.2) is 0 Å². The molecular weight excluding hydrogens is 396 g/mol. The Morgan fingerprint density at radius 3 is 1.97 bits per heavy atom. The van der Waals surface area contributed by atoms with E-state index in [1.54, 1.807) is 0 Å². The maximum Gasteiger partial charge on any atom is 0.158 e. The average molecular weight is 449 g/mol. The first-order valence-electron chi connectivity index (χ1n) is 14.0. The van der Waals surface area contributed by atoms with Crippen molar-refractivity contribution in [2.24, 2.45) is 5.41 Å². The van der Waals surface area contributed by atoms with Crippen LogP contribution in [0.5, 0.6) is 0 Å². The fraction of sp³-hybridized carbons (Fsp3) is 0.897. The summed E-state index contributed by atoms with van der Waals surface area (Å²) in [5.41, 5.74) is 2.75. The van der Waals surface area contributed by atoms with Gasteiger partial charge < -0.3 is 9.47 Å². The maximum atomic E-state index is 12.0. The van der Waals surface area contributed by atoms with Crippen molar-refractivity contribution in [1.82, 2.24) is 0 Å². The van der Waals surface area contributed by atoms with Crippen LogP contribution in [0.4, 0.5) is 0 Å². The van der Waals surface area contributed by atoms with Crippen LogP contribution in [-0.4, -0.2) is 25.3 Å². The Labute approximate surface area is 199 Å². The van der Waals surface area contributed by atoms with E-state index in [0.29, 0.717) is 5.78 Å². The Bertz CT molecular complexity index is 543. The fourth-order valence-electron chi connectivity index (χ4n) is 5.37. The summed E-state index contributed by atoms with van der Waals surface area (Å²) in [6.45, 7) is 8.45. The van der Waals surface area contributed by atoms with Crippen LogP contribution in [0.3, 0.4) is 0 Å². The topological polar surface area (TPSA) is 35.5 Å². The lowest BCUT2D eigenvalue weighted by molar-refractivity contribution is -0.162. The lowest BCUT2D eigenvalue weighted by atomic mass is 9.70. The predicted molar refractivity (Wildman–Crippen MR) is 135 cm³/mol. The van der Waals surface area contributed by atoms with Crippen LogP contribution in [0.2, 0.25) is 0 Å². The van der Waals surface area contributed by atoms with Crippen LogP contribution in [-0.2, 0) is 14.3 Å². The van der Waals surface area contributed by atoms with Crippen LogP contribution in [0.25, 0.3) is 0 Å². The first-order valence-corrected chi connectivity index (χ1v) is 14.0. The van der Waals surface area contributed by atoms with E-state index in [2.05, 4.69) is 20.8 Å². The minimum atomic E-state index is 0.0834. The van der Waals surface area contributed by atoms with Crippen LogP contribution in [0.15, 0.2) is 11.1 Å². The van der Waals surface area contributed by atoms with Crippen molar-refractivity contribution in [1.29, 1.82) is 0 Å². The average Bonchev–Trinajstić information content (AvgIpc) is 2.79. The number of unbranched alkanes of at least 4 members (excludes halogenated alkanes) is 12. The number of ketones is 1. The van der Waals surface area contributed by atoms with Gasteiger partial charge in [0.25, 0.3) is 0 Å². The van der Waals surface area contributed by atoms with Gasteiger partial charge in [0.2, 0.25) is 0 Å². The molecular formula is C29H52O3. The van der Waals surface area contributed by atoms with Crippen molar-refractivity contribution in [2.45, 2.75) is 149 Å². The Morgan fingerprint density at radius 2 is 1.41 bits per heavy atom. The Hall–Kier alpha value is -0.670. The van der Waals surface area contributed by atoms with Crippen molar-refractivity contribution in [3.05, 3.63) is 11.1 Å². The molecule has 0 amide bonds. The lowest BCUT2D eigenvalue weighted by Gasteiger charge is -2.34. The molecule has 0 aromatic carbocycles. The molecule has 1 atom stereocenters. The summed E-state index contributed by atoms with van der Waals surface area (Å²) in [7, 11) is 0. The highest BCUT2D eigenvalue weighted by atomic mass is 16.7. The Balaban J connectivity index is 1.32. The highest BCUT2D eigenvalue weighted by Crippen LogP contribution is 2.41. The zero-order chi connectivity index (χ0) is 23.1. The monoisotopic (exact) mass is 448 g/mol. The van der Waals surface area contributed by atoms with E-state index in [1.165, 1.54) is 102 Å². The van der Waals surface area contributed by atoms with Crippen molar-refractivity contribution in [2.75, 3.05) is 13.2 Å². The molecule has 0 spiro atoms. The first-order chi connectivity index (χ1) is 15.5. The molecule has 1 heterocycles. The van der Waals surface area contributed by atoms with E-state index in [9.17, 15) is 4.79 Å². The molecule has 0 aromatic heterocycles. The number of allylic oxidation sites excluding steroid dienone is 2. The quantitative estimate of drug-likeness (QED) is 0.209. The third-order valence-corrected chi connectivity index (χ3v) is 7.68. The number of hydrogen-bond acceptors (Lipinski definition) is 3. The summed E-state index contributed by atoms with van der Waals surface area (Å²) in [4.78, 5) is 12.0. The van der Waals surface area contributed by atoms with E-state index in [1.807, 2.05) is 0 Å². The molecule has 3 heteroatoms. The number of Topliss-reactive ketones (excluding diaryl/α,β-unsaturated/α-hetero) is 1. The van der Waals surface area contributed by atoms with E-state index < -0.39 is 0 Å². The molecule has 186 valence electrons. The second-order valence-electron chi connectivity index (χ2n) is 10.9. The smallest absolute Gasteiger partial charge is 0.158 e. The summed E-state index contributed by atoms with van der Waals surface area (Å²) < 4.78 is 11.4. The van der Waals surface area contributed by atoms with Crippen molar-refractivity contribution in [3.63, 3.8) is 0 Å². The van der Waals surface area contributed by atoms with Gasteiger partial charge in [-0.2, -0.15) is 0 Å². The molecule has 0 N–H and O–H groups in total. The van der Waals surface area contributed by atoms with Crippen molar-refractivity contribution < 1.29 is 14.3 Å². The molecule has 3 nitrogen and oxygen atoms in total. The van der Waals surface area contributed by atoms with E-state index in [-0.39, 0.29) is 11.7 Å². The van der Waals surface area contributed by atoms with Crippen LogP contribution < -0.4 is 0 Å². The van der Waals surface area contributed by atoms with Gasteiger partial charge >= 0.3 is 0 Å². The minimum absolute atomic E-state index is 0.0834. The van der Waals surface area contributed by atoms with Crippen molar-refractivity contribution >= 4 is 5.78 Å². The van der Waals surface area contributed by atoms with Gasteiger partial charge in [0.15, 0.2) is 12.1 Å². The number of carbonyl (C=O) groups is 1. The van der Waals surface area contributed by atoms with Gasteiger partial charge in [-0.1, -0.05) is 90.0 Å². The van der Waals surface area contributed by atoms with Gasteiger partial charge in [-0.05, 0) is 62.9 Å². The second kappa shape index (κ2) is 16.0. The van der Waals surface area contributed by atoms with E-state index >= 15 is 0 Å². The van der Waals surface area contributed by atoms with Gasteiger partial charge in [-0.15, -0.1) is 0 Å². The van der Waals surface area contributed by atoms with Crippen LogP contribution in [0, 0.1) is 5.41 Å². The largest absolute Gasteiger partial charge is 0.353 e. The van der Waals surface area contributed by atoms with Gasteiger partial charge in [-0.3, -0.25) is 4.79 Å².